The number of phenolic OH excluding ortho intramolecular Hbond substituents is 1. The number of hydrogen-bond acceptors (Lipinski definition) is 4. The van der Waals surface area contributed by atoms with Gasteiger partial charge in [0.15, 0.2) is 5.75 Å². The standard InChI is InChI=1S/C19H18N2O4/c22-15-9-5-4-8-13(15)20-18(24)16-17(23)14(21-19(16)25)11-10-12-6-2-1-3-7-12/h1-9,21-23,25H,10-11H2,(H,20,24). The average Bonchev–Trinajstić information content (AvgIpc) is 2.90. The first-order chi connectivity index (χ1) is 12.1. The van der Waals surface area contributed by atoms with Crippen molar-refractivity contribution >= 4 is 11.6 Å². The fourth-order valence-electron chi connectivity index (χ4n) is 2.60. The number of phenols is 1. The van der Waals surface area contributed by atoms with Gasteiger partial charge in [0.25, 0.3) is 5.91 Å². The summed E-state index contributed by atoms with van der Waals surface area (Å²) in [5.74, 6) is -1.51. The predicted octanol–water partition coefficient (Wildman–Crippen LogP) is 3.17. The lowest BCUT2D eigenvalue weighted by atomic mass is 10.1. The Kier molecular flexibility index (Phi) is 4.61. The summed E-state index contributed by atoms with van der Waals surface area (Å²) >= 11 is 0. The molecule has 5 N–H and O–H groups in total. The zero-order valence-corrected chi connectivity index (χ0v) is 13.4. The molecule has 0 saturated heterocycles. The van der Waals surface area contributed by atoms with Crippen molar-refractivity contribution in [3.05, 3.63) is 71.4 Å². The van der Waals surface area contributed by atoms with E-state index in [0.717, 1.165) is 5.56 Å². The topological polar surface area (TPSA) is 106 Å². The van der Waals surface area contributed by atoms with Crippen molar-refractivity contribution in [1.82, 2.24) is 4.98 Å². The van der Waals surface area contributed by atoms with Gasteiger partial charge in [0, 0.05) is 0 Å². The van der Waals surface area contributed by atoms with Crippen LogP contribution in [0.4, 0.5) is 5.69 Å². The molecular weight excluding hydrogens is 320 g/mol. The summed E-state index contributed by atoms with van der Waals surface area (Å²) < 4.78 is 0. The van der Waals surface area contributed by atoms with E-state index in [9.17, 15) is 20.1 Å². The van der Waals surface area contributed by atoms with Gasteiger partial charge in [-0.25, -0.2) is 0 Å². The highest BCUT2D eigenvalue weighted by atomic mass is 16.3. The molecule has 3 rings (SSSR count). The number of aromatic nitrogens is 1. The molecule has 0 fully saturated rings. The van der Waals surface area contributed by atoms with Crippen LogP contribution in [-0.4, -0.2) is 26.2 Å². The van der Waals surface area contributed by atoms with Crippen LogP contribution in [-0.2, 0) is 12.8 Å². The van der Waals surface area contributed by atoms with Crippen LogP contribution < -0.4 is 5.32 Å². The van der Waals surface area contributed by atoms with Crippen LogP contribution in [0.25, 0.3) is 0 Å². The Bertz CT molecular complexity index is 888. The molecule has 3 aromatic rings. The van der Waals surface area contributed by atoms with Gasteiger partial charge in [-0.3, -0.25) is 4.79 Å². The number of aromatic hydroxyl groups is 3. The number of amides is 1. The van der Waals surface area contributed by atoms with Crippen LogP contribution in [0.5, 0.6) is 17.4 Å². The van der Waals surface area contributed by atoms with Crippen molar-refractivity contribution in [1.29, 1.82) is 0 Å². The van der Waals surface area contributed by atoms with E-state index in [-0.39, 0.29) is 22.7 Å². The molecule has 0 aliphatic rings. The van der Waals surface area contributed by atoms with E-state index in [0.29, 0.717) is 18.5 Å². The minimum Gasteiger partial charge on any atom is -0.506 e. The monoisotopic (exact) mass is 338 g/mol. The van der Waals surface area contributed by atoms with Gasteiger partial charge in [-0.05, 0) is 30.5 Å². The third kappa shape index (κ3) is 3.58. The van der Waals surface area contributed by atoms with Gasteiger partial charge < -0.3 is 25.6 Å². The Labute approximate surface area is 144 Å². The highest BCUT2D eigenvalue weighted by Crippen LogP contribution is 2.33. The smallest absolute Gasteiger partial charge is 0.265 e. The highest BCUT2D eigenvalue weighted by molar-refractivity contribution is 6.08. The molecule has 0 unspecified atom stereocenters. The second-order valence-electron chi connectivity index (χ2n) is 5.63. The van der Waals surface area contributed by atoms with Crippen molar-refractivity contribution < 1.29 is 20.1 Å². The minimum atomic E-state index is -0.710. The lowest BCUT2D eigenvalue weighted by Gasteiger charge is -2.06. The van der Waals surface area contributed by atoms with E-state index >= 15 is 0 Å². The van der Waals surface area contributed by atoms with Crippen LogP contribution in [0.3, 0.4) is 0 Å². The van der Waals surface area contributed by atoms with E-state index in [2.05, 4.69) is 10.3 Å². The van der Waals surface area contributed by atoms with Gasteiger partial charge in [0.05, 0.1) is 11.4 Å². The Morgan fingerprint density at radius 2 is 1.60 bits per heavy atom. The summed E-state index contributed by atoms with van der Waals surface area (Å²) in [5.41, 5.74) is 1.41. The molecule has 1 heterocycles. The third-order valence-corrected chi connectivity index (χ3v) is 3.91. The normalized spacial score (nSPS) is 10.6. The summed E-state index contributed by atoms with van der Waals surface area (Å²) in [6, 6.07) is 15.9. The maximum atomic E-state index is 12.3. The summed E-state index contributed by atoms with van der Waals surface area (Å²) in [5, 5.41) is 32.5. The molecule has 128 valence electrons. The summed E-state index contributed by atoms with van der Waals surface area (Å²) in [7, 11) is 0. The molecular formula is C19H18N2O4. The SMILES string of the molecule is O=C(Nc1ccccc1O)c1c(O)[nH]c(CCc2ccccc2)c1O. The van der Waals surface area contributed by atoms with Crippen LogP contribution in [0, 0.1) is 0 Å². The number of rotatable bonds is 5. The number of carbonyl (C=O) groups is 1. The molecule has 0 spiro atoms. The molecule has 1 aromatic heterocycles. The first-order valence-electron chi connectivity index (χ1n) is 7.82. The van der Waals surface area contributed by atoms with Gasteiger partial charge >= 0.3 is 0 Å². The fourth-order valence-corrected chi connectivity index (χ4v) is 2.60. The van der Waals surface area contributed by atoms with E-state index in [1.165, 1.54) is 12.1 Å². The number of H-pyrrole nitrogens is 1. The number of aromatic amines is 1. The maximum absolute atomic E-state index is 12.3. The first-order valence-corrected chi connectivity index (χ1v) is 7.82. The zero-order chi connectivity index (χ0) is 17.8. The van der Waals surface area contributed by atoms with E-state index in [4.69, 9.17) is 0 Å². The second kappa shape index (κ2) is 7.00. The van der Waals surface area contributed by atoms with Gasteiger partial charge in [0.2, 0.25) is 5.88 Å². The Morgan fingerprint density at radius 3 is 2.32 bits per heavy atom. The molecule has 6 nitrogen and oxygen atoms in total. The van der Waals surface area contributed by atoms with Gasteiger partial charge in [-0.2, -0.15) is 0 Å². The Morgan fingerprint density at radius 1 is 0.920 bits per heavy atom. The number of nitrogens with one attached hydrogen (secondary N) is 2. The van der Waals surface area contributed by atoms with Crippen molar-refractivity contribution in [3.8, 4) is 17.4 Å². The van der Waals surface area contributed by atoms with E-state index in [1.807, 2.05) is 30.3 Å². The molecule has 0 saturated carbocycles. The second-order valence-corrected chi connectivity index (χ2v) is 5.63. The summed E-state index contributed by atoms with van der Waals surface area (Å²) in [6.07, 6.45) is 1.09. The Hall–Kier alpha value is -3.41. The van der Waals surface area contributed by atoms with Crippen LogP contribution in [0.1, 0.15) is 21.6 Å². The molecule has 6 heteroatoms. The Balaban J connectivity index is 1.77. The van der Waals surface area contributed by atoms with Gasteiger partial charge in [-0.15, -0.1) is 0 Å². The molecule has 25 heavy (non-hydrogen) atoms. The molecule has 0 atom stereocenters. The number of anilines is 1. The van der Waals surface area contributed by atoms with Gasteiger partial charge in [0.1, 0.15) is 11.3 Å². The van der Waals surface area contributed by atoms with Crippen molar-refractivity contribution in [2.75, 3.05) is 5.32 Å². The number of para-hydroxylation sites is 2. The third-order valence-electron chi connectivity index (χ3n) is 3.91. The first kappa shape index (κ1) is 16.4. The summed E-state index contributed by atoms with van der Waals surface area (Å²) in [6.45, 7) is 0. The molecule has 1 amide bonds. The zero-order valence-electron chi connectivity index (χ0n) is 13.4. The highest BCUT2D eigenvalue weighted by Gasteiger charge is 2.23. The average molecular weight is 338 g/mol. The molecule has 0 radical (unpaired) electrons. The number of aryl methyl sites for hydroxylation is 2. The number of benzene rings is 2. The van der Waals surface area contributed by atoms with E-state index in [1.54, 1.807) is 12.1 Å². The van der Waals surface area contributed by atoms with Crippen LogP contribution >= 0.6 is 0 Å². The fraction of sp³-hybridized carbons (Fsp3) is 0.105. The lowest BCUT2D eigenvalue weighted by Crippen LogP contribution is -2.11. The molecule has 0 aliphatic heterocycles. The molecule has 2 aromatic carbocycles. The number of carbonyl (C=O) groups excluding carboxylic acids is 1. The van der Waals surface area contributed by atoms with Crippen LogP contribution in [0.2, 0.25) is 0 Å². The summed E-state index contributed by atoms with van der Waals surface area (Å²) in [4.78, 5) is 15.0. The van der Waals surface area contributed by atoms with Gasteiger partial charge in [-0.1, -0.05) is 42.5 Å². The van der Waals surface area contributed by atoms with Crippen LogP contribution in [0.15, 0.2) is 54.6 Å². The lowest BCUT2D eigenvalue weighted by molar-refractivity contribution is 0.102. The molecule has 0 bridgehead atoms. The van der Waals surface area contributed by atoms with Crippen molar-refractivity contribution in [2.24, 2.45) is 0 Å². The van der Waals surface area contributed by atoms with Crippen molar-refractivity contribution in [2.45, 2.75) is 12.8 Å². The maximum Gasteiger partial charge on any atom is 0.265 e. The predicted molar refractivity (Wildman–Crippen MR) is 94.0 cm³/mol. The largest absolute Gasteiger partial charge is 0.506 e. The molecule has 0 aliphatic carbocycles. The number of hydrogen-bond donors (Lipinski definition) is 5. The van der Waals surface area contributed by atoms with E-state index < -0.39 is 11.8 Å². The van der Waals surface area contributed by atoms with Crippen molar-refractivity contribution in [3.63, 3.8) is 0 Å². The quantitative estimate of drug-likeness (QED) is 0.461. The minimum absolute atomic E-state index is 0.102.